The van der Waals surface area contributed by atoms with Crippen molar-refractivity contribution in [3.63, 3.8) is 0 Å². The van der Waals surface area contributed by atoms with Gasteiger partial charge >= 0.3 is 0 Å². The van der Waals surface area contributed by atoms with Crippen molar-refractivity contribution < 1.29 is 19.1 Å². The van der Waals surface area contributed by atoms with Gasteiger partial charge in [0.15, 0.2) is 0 Å². The van der Waals surface area contributed by atoms with Gasteiger partial charge in [0.1, 0.15) is 18.1 Å². The molecule has 1 N–H and O–H groups in total. The van der Waals surface area contributed by atoms with Gasteiger partial charge in [0, 0.05) is 0 Å². The van der Waals surface area contributed by atoms with E-state index in [9.17, 15) is 9.59 Å². The molecular weight excluding hydrogens is 388 g/mol. The first kappa shape index (κ1) is 19.0. The maximum atomic E-state index is 11.8. The van der Waals surface area contributed by atoms with Gasteiger partial charge in [-0.3, -0.25) is 14.9 Å². The number of methoxy groups -OCH3 is 1. The van der Waals surface area contributed by atoms with Crippen LogP contribution in [0.4, 0.5) is 10.5 Å². The fraction of sp³-hybridized carbons (Fsp3) is 0.182. The number of carbonyl (C=O) groups is 2. The van der Waals surface area contributed by atoms with Crippen molar-refractivity contribution in [1.82, 2.24) is 5.32 Å². The number of anilines is 1. The van der Waals surface area contributed by atoms with Crippen LogP contribution in [0.15, 0.2) is 47.4 Å². The molecule has 2 aliphatic heterocycles. The molecule has 2 amide bonds. The van der Waals surface area contributed by atoms with Crippen molar-refractivity contribution in [2.45, 2.75) is 0 Å². The minimum absolute atomic E-state index is 0.361. The molecule has 1 fully saturated rings. The topological polar surface area (TPSA) is 67.9 Å². The number of imide groups is 1. The third-order valence-corrected chi connectivity index (χ3v) is 5.29. The van der Waals surface area contributed by atoms with Crippen LogP contribution in [0.3, 0.4) is 0 Å². The highest BCUT2D eigenvalue weighted by Gasteiger charge is 2.25. The second-order valence-corrected chi connectivity index (χ2v) is 7.37. The Morgan fingerprint density at radius 1 is 1.28 bits per heavy atom. The Morgan fingerprint density at radius 3 is 2.93 bits per heavy atom. The zero-order valence-corrected chi connectivity index (χ0v) is 16.5. The van der Waals surface area contributed by atoms with Crippen molar-refractivity contribution in [2.75, 3.05) is 31.7 Å². The summed E-state index contributed by atoms with van der Waals surface area (Å²) in [6.45, 7) is 1.96. The molecule has 0 radical (unpaired) electrons. The van der Waals surface area contributed by atoms with Crippen molar-refractivity contribution in [3.05, 3.63) is 58.5 Å². The molecule has 2 heterocycles. The highest BCUT2D eigenvalue weighted by atomic mass is 32.2. The molecular formula is C22H18N2O4S. The van der Waals surface area contributed by atoms with Crippen LogP contribution in [0.25, 0.3) is 6.08 Å². The molecule has 0 saturated carbocycles. The molecule has 0 atom stereocenters. The summed E-state index contributed by atoms with van der Waals surface area (Å²) in [5.41, 5.74) is 2.53. The zero-order chi connectivity index (χ0) is 20.2. The maximum absolute atomic E-state index is 11.8. The van der Waals surface area contributed by atoms with Crippen LogP contribution in [0, 0.1) is 11.8 Å². The average molecular weight is 406 g/mol. The van der Waals surface area contributed by atoms with Crippen molar-refractivity contribution in [2.24, 2.45) is 0 Å². The molecule has 7 heteroatoms. The van der Waals surface area contributed by atoms with Crippen LogP contribution in [-0.2, 0) is 4.79 Å². The molecule has 4 rings (SSSR count). The van der Waals surface area contributed by atoms with E-state index in [2.05, 4.69) is 22.1 Å². The zero-order valence-electron chi connectivity index (χ0n) is 15.7. The number of para-hydroxylation sites is 2. The van der Waals surface area contributed by atoms with E-state index in [-0.39, 0.29) is 11.1 Å². The van der Waals surface area contributed by atoms with Gasteiger partial charge in [0.2, 0.25) is 0 Å². The van der Waals surface area contributed by atoms with Gasteiger partial charge in [-0.2, -0.15) is 0 Å². The first-order valence-corrected chi connectivity index (χ1v) is 9.84. The summed E-state index contributed by atoms with van der Waals surface area (Å²) in [6, 6.07) is 13.4. The standard InChI is InChI=1S/C22H18N2O4S/c1-27-18-9-8-15(14-20-21(25)23-22(26)29-20)13-16(18)5-4-10-24-11-12-28-19-7-3-2-6-17(19)24/h2-3,6-9,13-14H,10-12H2,1H3,(H,23,25,26)/b20-14-. The van der Waals surface area contributed by atoms with E-state index in [1.165, 1.54) is 0 Å². The Kier molecular flexibility index (Phi) is 5.45. The second kappa shape index (κ2) is 8.33. The van der Waals surface area contributed by atoms with E-state index in [0.29, 0.717) is 23.8 Å². The molecule has 146 valence electrons. The number of carbonyl (C=O) groups excluding carboxylic acids is 2. The Bertz CT molecular complexity index is 1070. The lowest BCUT2D eigenvalue weighted by molar-refractivity contribution is -0.115. The summed E-state index contributed by atoms with van der Waals surface area (Å²) < 4.78 is 11.1. The van der Waals surface area contributed by atoms with Crippen molar-refractivity contribution >= 4 is 34.7 Å². The summed E-state index contributed by atoms with van der Waals surface area (Å²) >= 11 is 0.890. The van der Waals surface area contributed by atoms with Gasteiger partial charge in [-0.05, 0) is 47.7 Å². The molecule has 0 aliphatic carbocycles. The van der Waals surface area contributed by atoms with Gasteiger partial charge in [-0.15, -0.1) is 0 Å². The Hall–Kier alpha value is -3.37. The number of hydrogen-bond donors (Lipinski definition) is 1. The number of nitrogens with one attached hydrogen (secondary N) is 1. The summed E-state index contributed by atoms with van der Waals surface area (Å²) in [7, 11) is 1.59. The summed E-state index contributed by atoms with van der Waals surface area (Å²) in [5.74, 6) is 7.51. The third kappa shape index (κ3) is 4.23. The lowest BCUT2D eigenvalue weighted by atomic mass is 10.1. The van der Waals surface area contributed by atoms with Gasteiger partial charge < -0.3 is 14.4 Å². The molecule has 6 nitrogen and oxygen atoms in total. The van der Waals surface area contributed by atoms with E-state index >= 15 is 0 Å². The molecule has 2 aromatic rings. The number of hydrogen-bond acceptors (Lipinski definition) is 6. The molecule has 0 bridgehead atoms. The number of rotatable bonds is 3. The van der Waals surface area contributed by atoms with Gasteiger partial charge in [-0.1, -0.05) is 30.0 Å². The normalized spacial score (nSPS) is 16.6. The number of ether oxygens (including phenoxy) is 2. The van der Waals surface area contributed by atoms with Crippen LogP contribution in [0.1, 0.15) is 11.1 Å². The first-order valence-electron chi connectivity index (χ1n) is 9.02. The highest BCUT2D eigenvalue weighted by molar-refractivity contribution is 8.18. The Balaban J connectivity index is 1.56. The lowest BCUT2D eigenvalue weighted by Gasteiger charge is -2.29. The predicted octanol–water partition coefficient (Wildman–Crippen LogP) is 3.27. The summed E-state index contributed by atoms with van der Waals surface area (Å²) in [6.07, 6.45) is 1.67. The average Bonchev–Trinajstić information content (AvgIpc) is 3.05. The number of thioether (sulfide) groups is 1. The summed E-state index contributed by atoms with van der Waals surface area (Å²) in [4.78, 5) is 25.6. The molecule has 0 unspecified atom stereocenters. The smallest absolute Gasteiger partial charge is 0.290 e. The van der Waals surface area contributed by atoms with Crippen molar-refractivity contribution in [3.8, 4) is 23.3 Å². The fourth-order valence-electron chi connectivity index (χ4n) is 3.11. The third-order valence-electron chi connectivity index (χ3n) is 4.48. The maximum Gasteiger partial charge on any atom is 0.290 e. The van der Waals surface area contributed by atoms with Crippen LogP contribution >= 0.6 is 11.8 Å². The number of amides is 2. The monoisotopic (exact) mass is 406 g/mol. The number of nitrogens with zero attached hydrogens (tertiary/aromatic N) is 1. The minimum Gasteiger partial charge on any atom is -0.495 e. The Morgan fingerprint density at radius 2 is 2.14 bits per heavy atom. The van der Waals surface area contributed by atoms with Crippen molar-refractivity contribution in [1.29, 1.82) is 0 Å². The largest absolute Gasteiger partial charge is 0.495 e. The van der Waals surface area contributed by atoms with E-state index in [1.807, 2.05) is 36.4 Å². The van der Waals surface area contributed by atoms with Crippen LogP contribution in [0.5, 0.6) is 11.5 Å². The molecule has 0 aromatic heterocycles. The minimum atomic E-state index is -0.380. The van der Waals surface area contributed by atoms with E-state index in [0.717, 1.165) is 40.9 Å². The Labute approximate surface area is 172 Å². The van der Waals surface area contributed by atoms with E-state index < -0.39 is 0 Å². The molecule has 0 spiro atoms. The quantitative estimate of drug-likeness (QED) is 0.623. The van der Waals surface area contributed by atoms with E-state index in [1.54, 1.807) is 19.3 Å². The molecule has 2 aromatic carbocycles. The molecule has 29 heavy (non-hydrogen) atoms. The van der Waals surface area contributed by atoms with Crippen LogP contribution in [-0.4, -0.2) is 38.0 Å². The molecule has 2 aliphatic rings. The van der Waals surface area contributed by atoms with Gasteiger partial charge in [0.25, 0.3) is 11.1 Å². The van der Waals surface area contributed by atoms with Gasteiger partial charge in [0.05, 0.1) is 36.4 Å². The summed E-state index contributed by atoms with van der Waals surface area (Å²) in [5, 5.41) is 1.89. The lowest BCUT2D eigenvalue weighted by Crippen LogP contribution is -2.32. The predicted molar refractivity (Wildman–Crippen MR) is 113 cm³/mol. The second-order valence-electron chi connectivity index (χ2n) is 6.35. The van der Waals surface area contributed by atoms with Gasteiger partial charge in [-0.25, -0.2) is 0 Å². The molecule has 1 saturated heterocycles. The van der Waals surface area contributed by atoms with Crippen LogP contribution < -0.4 is 19.7 Å². The van der Waals surface area contributed by atoms with E-state index in [4.69, 9.17) is 9.47 Å². The van der Waals surface area contributed by atoms with Crippen LogP contribution in [0.2, 0.25) is 0 Å². The number of benzene rings is 2. The highest BCUT2D eigenvalue weighted by Crippen LogP contribution is 2.30. The SMILES string of the molecule is COc1ccc(/C=C2\SC(=O)NC2=O)cc1C#CCN1CCOc2ccccc21. The number of fused-ring (bicyclic) bond motifs is 1. The fourth-order valence-corrected chi connectivity index (χ4v) is 3.79. The first-order chi connectivity index (χ1) is 14.1.